The average Bonchev–Trinajstić information content (AvgIpc) is 2.58. The van der Waals surface area contributed by atoms with E-state index in [4.69, 9.17) is 17.3 Å². The quantitative estimate of drug-likeness (QED) is 0.623. The lowest BCUT2D eigenvalue weighted by atomic mass is 10.2. The summed E-state index contributed by atoms with van der Waals surface area (Å²) in [6, 6.07) is 8.42. The second-order valence-corrected chi connectivity index (χ2v) is 5.75. The molecule has 2 aromatic carbocycles. The fraction of sp³-hybridized carbons (Fsp3) is 0.0588. The van der Waals surface area contributed by atoms with Crippen LogP contribution in [0.4, 0.5) is 37.5 Å². The lowest BCUT2D eigenvalue weighted by Gasteiger charge is -2.14. The number of halogens is 3. The first-order valence-corrected chi connectivity index (χ1v) is 7.67. The van der Waals surface area contributed by atoms with Gasteiger partial charge in [-0.15, -0.1) is 0 Å². The smallest absolute Gasteiger partial charge is 0.159 e. The van der Waals surface area contributed by atoms with Crippen LogP contribution < -0.4 is 16.4 Å². The average molecular weight is 362 g/mol. The monoisotopic (exact) mass is 361 g/mol. The number of hydrogen-bond donors (Lipinski definition) is 3. The van der Waals surface area contributed by atoms with Crippen molar-refractivity contribution in [3.63, 3.8) is 0 Å². The summed E-state index contributed by atoms with van der Waals surface area (Å²) < 4.78 is 27.1. The zero-order chi connectivity index (χ0) is 18.0. The van der Waals surface area contributed by atoms with E-state index < -0.39 is 11.6 Å². The van der Waals surface area contributed by atoms with Gasteiger partial charge >= 0.3 is 0 Å². The predicted molar refractivity (Wildman–Crippen MR) is 95.6 cm³/mol. The normalized spacial score (nSPS) is 10.6. The summed E-state index contributed by atoms with van der Waals surface area (Å²) in [5.74, 6) is -0.731. The molecule has 1 heterocycles. The van der Waals surface area contributed by atoms with E-state index in [0.29, 0.717) is 10.8 Å². The van der Waals surface area contributed by atoms with Gasteiger partial charge in [0.1, 0.15) is 23.6 Å². The Morgan fingerprint density at radius 1 is 0.960 bits per heavy atom. The molecule has 0 atom stereocenters. The number of aryl methyl sites for hydroxylation is 1. The number of nitrogen functional groups attached to an aromatic ring is 1. The van der Waals surface area contributed by atoms with Crippen molar-refractivity contribution in [1.29, 1.82) is 0 Å². The molecule has 0 aliphatic heterocycles. The third-order valence-electron chi connectivity index (χ3n) is 3.52. The minimum atomic E-state index is -0.625. The molecule has 0 fully saturated rings. The Morgan fingerprint density at radius 2 is 1.64 bits per heavy atom. The van der Waals surface area contributed by atoms with Crippen molar-refractivity contribution in [1.82, 2.24) is 9.97 Å². The van der Waals surface area contributed by atoms with Crippen LogP contribution in [0.1, 0.15) is 5.56 Å². The zero-order valence-electron chi connectivity index (χ0n) is 13.1. The molecule has 4 N–H and O–H groups in total. The molecule has 1 aromatic heterocycles. The Morgan fingerprint density at radius 3 is 2.36 bits per heavy atom. The second kappa shape index (κ2) is 6.90. The number of nitrogens with two attached hydrogens (primary N) is 1. The van der Waals surface area contributed by atoms with Crippen molar-refractivity contribution in [3.8, 4) is 0 Å². The van der Waals surface area contributed by atoms with Crippen molar-refractivity contribution >= 4 is 40.3 Å². The first-order chi connectivity index (χ1) is 11.9. The summed E-state index contributed by atoms with van der Waals surface area (Å²) in [4.78, 5) is 8.07. The van der Waals surface area contributed by atoms with Crippen molar-refractivity contribution < 1.29 is 8.78 Å². The minimum absolute atomic E-state index is 0.0738. The number of rotatable bonds is 4. The van der Waals surface area contributed by atoms with Gasteiger partial charge in [0.2, 0.25) is 0 Å². The van der Waals surface area contributed by atoms with Gasteiger partial charge in [-0.05, 0) is 36.8 Å². The molecule has 0 aliphatic carbocycles. The maximum atomic E-state index is 13.8. The van der Waals surface area contributed by atoms with E-state index in [9.17, 15) is 8.78 Å². The Kier molecular flexibility index (Phi) is 4.67. The molecule has 128 valence electrons. The van der Waals surface area contributed by atoms with Crippen LogP contribution in [0.5, 0.6) is 0 Å². The van der Waals surface area contributed by atoms with Gasteiger partial charge in [0.15, 0.2) is 11.6 Å². The lowest BCUT2D eigenvalue weighted by Crippen LogP contribution is -2.06. The van der Waals surface area contributed by atoms with Gasteiger partial charge < -0.3 is 16.4 Å². The van der Waals surface area contributed by atoms with Gasteiger partial charge in [-0.2, -0.15) is 0 Å². The molecule has 5 nitrogen and oxygen atoms in total. The van der Waals surface area contributed by atoms with Crippen LogP contribution in [0.25, 0.3) is 0 Å². The molecule has 25 heavy (non-hydrogen) atoms. The SMILES string of the molecule is Cc1ccc(Cl)cc1Nc1ncnc(Nc2cc(F)ccc2F)c1N. The predicted octanol–water partition coefficient (Wildman–Crippen LogP) is 4.79. The van der Waals surface area contributed by atoms with Gasteiger partial charge in [0.25, 0.3) is 0 Å². The van der Waals surface area contributed by atoms with Gasteiger partial charge in [-0.25, -0.2) is 18.7 Å². The third kappa shape index (κ3) is 3.77. The number of nitrogens with zero attached hydrogens (tertiary/aromatic N) is 2. The number of hydrogen-bond acceptors (Lipinski definition) is 5. The van der Waals surface area contributed by atoms with Crippen LogP contribution in [-0.2, 0) is 0 Å². The third-order valence-corrected chi connectivity index (χ3v) is 3.75. The molecule has 0 unspecified atom stereocenters. The van der Waals surface area contributed by atoms with E-state index in [1.54, 1.807) is 12.1 Å². The van der Waals surface area contributed by atoms with E-state index in [1.165, 1.54) is 6.33 Å². The summed E-state index contributed by atoms with van der Waals surface area (Å²) in [5.41, 5.74) is 7.80. The van der Waals surface area contributed by atoms with Crippen LogP contribution in [-0.4, -0.2) is 9.97 Å². The highest BCUT2D eigenvalue weighted by Gasteiger charge is 2.12. The van der Waals surface area contributed by atoms with Crippen LogP contribution in [0.2, 0.25) is 5.02 Å². The van der Waals surface area contributed by atoms with Gasteiger partial charge in [0, 0.05) is 16.8 Å². The van der Waals surface area contributed by atoms with Crippen molar-refractivity contribution in [3.05, 3.63) is 64.9 Å². The molecule has 0 saturated heterocycles. The van der Waals surface area contributed by atoms with Crippen molar-refractivity contribution in [2.75, 3.05) is 16.4 Å². The van der Waals surface area contributed by atoms with Gasteiger partial charge in [0.05, 0.1) is 5.69 Å². The number of nitrogens with one attached hydrogen (secondary N) is 2. The summed E-state index contributed by atoms with van der Waals surface area (Å²) >= 11 is 6.00. The van der Waals surface area contributed by atoms with Gasteiger partial charge in [-0.3, -0.25) is 0 Å². The first-order valence-electron chi connectivity index (χ1n) is 7.30. The molecule has 0 amide bonds. The Bertz CT molecular complexity index is 861. The molecule has 0 radical (unpaired) electrons. The van der Waals surface area contributed by atoms with E-state index in [0.717, 1.165) is 29.4 Å². The molecule has 3 aromatic rings. The fourth-order valence-electron chi connectivity index (χ4n) is 2.17. The fourth-order valence-corrected chi connectivity index (χ4v) is 2.34. The van der Waals surface area contributed by atoms with Crippen molar-refractivity contribution in [2.24, 2.45) is 0 Å². The Balaban J connectivity index is 1.92. The van der Waals surface area contributed by atoms with Crippen molar-refractivity contribution in [2.45, 2.75) is 6.92 Å². The van der Waals surface area contributed by atoms with Crippen LogP contribution in [0.3, 0.4) is 0 Å². The number of anilines is 5. The number of aromatic nitrogens is 2. The molecular weight excluding hydrogens is 348 g/mol. The van der Waals surface area contributed by atoms with Crippen LogP contribution in [0, 0.1) is 18.6 Å². The van der Waals surface area contributed by atoms with Crippen LogP contribution >= 0.6 is 11.6 Å². The topological polar surface area (TPSA) is 75.9 Å². The summed E-state index contributed by atoms with van der Waals surface area (Å²) in [6.45, 7) is 1.90. The summed E-state index contributed by atoms with van der Waals surface area (Å²) in [6.07, 6.45) is 1.26. The lowest BCUT2D eigenvalue weighted by molar-refractivity contribution is 0.603. The Labute approximate surface area is 147 Å². The highest BCUT2D eigenvalue weighted by Crippen LogP contribution is 2.31. The first kappa shape index (κ1) is 16.9. The maximum absolute atomic E-state index is 13.8. The highest BCUT2D eigenvalue weighted by molar-refractivity contribution is 6.30. The molecular formula is C17H14ClF2N5. The van der Waals surface area contributed by atoms with E-state index in [1.807, 2.05) is 13.0 Å². The molecule has 0 saturated carbocycles. The zero-order valence-corrected chi connectivity index (χ0v) is 13.9. The van der Waals surface area contributed by atoms with E-state index in [2.05, 4.69) is 20.6 Å². The number of benzene rings is 2. The van der Waals surface area contributed by atoms with E-state index >= 15 is 0 Å². The summed E-state index contributed by atoms with van der Waals surface area (Å²) in [7, 11) is 0. The molecule has 3 rings (SSSR count). The Hall–Kier alpha value is -2.93. The minimum Gasteiger partial charge on any atom is -0.393 e. The van der Waals surface area contributed by atoms with Crippen LogP contribution in [0.15, 0.2) is 42.7 Å². The van der Waals surface area contributed by atoms with E-state index in [-0.39, 0.29) is 17.2 Å². The van der Waals surface area contributed by atoms with Gasteiger partial charge in [-0.1, -0.05) is 17.7 Å². The molecule has 0 bridgehead atoms. The standard InChI is InChI=1S/C17H14ClF2N5/c1-9-2-3-10(18)6-13(9)24-16-15(21)17(23-8-22-16)25-14-7-11(19)4-5-12(14)20/h2-8H,21H2,1H3,(H2,22,23,24,25). The molecule has 8 heteroatoms. The maximum Gasteiger partial charge on any atom is 0.159 e. The second-order valence-electron chi connectivity index (χ2n) is 5.32. The molecule has 0 aliphatic rings. The molecule has 0 spiro atoms. The largest absolute Gasteiger partial charge is 0.393 e. The summed E-state index contributed by atoms with van der Waals surface area (Å²) in [5, 5.41) is 6.30. The highest BCUT2D eigenvalue weighted by atomic mass is 35.5.